The van der Waals surface area contributed by atoms with Crippen molar-refractivity contribution in [3.63, 3.8) is 0 Å². The summed E-state index contributed by atoms with van der Waals surface area (Å²) in [4.78, 5) is 21.7. The van der Waals surface area contributed by atoms with Crippen molar-refractivity contribution in [1.82, 2.24) is 15.0 Å². The zero-order valence-electron chi connectivity index (χ0n) is 8.78. The van der Waals surface area contributed by atoms with Gasteiger partial charge in [-0.05, 0) is 30.8 Å². The molecule has 2 N–H and O–H groups in total. The third-order valence-electron chi connectivity index (χ3n) is 2.28. The van der Waals surface area contributed by atoms with Crippen molar-refractivity contribution in [2.75, 3.05) is 0 Å². The quantitative estimate of drug-likeness (QED) is 0.631. The Balaban J connectivity index is 2.37. The molecule has 2 heterocycles. The summed E-state index contributed by atoms with van der Waals surface area (Å²) in [6, 6.07) is 3.50. The zero-order valence-corrected chi connectivity index (χ0v) is 9.60. The van der Waals surface area contributed by atoms with Crippen LogP contribution in [0.2, 0.25) is 0 Å². The number of aromatic nitrogens is 3. The Labute approximate surface area is 97.8 Å². The first-order valence-corrected chi connectivity index (χ1v) is 5.39. The number of pyridine rings is 1. The predicted octanol–water partition coefficient (Wildman–Crippen LogP) is 2.26. The fourth-order valence-corrected chi connectivity index (χ4v) is 1.59. The summed E-state index contributed by atoms with van der Waals surface area (Å²) in [5.74, 6) is -0.0792. The minimum atomic E-state index is -0.0792. The maximum absolute atomic E-state index is 12.0. The zero-order chi connectivity index (χ0) is 11.5. The topological polar surface area (TPSA) is 61.5 Å². The molecule has 0 aliphatic rings. The largest absolute Gasteiger partial charge is 0.337 e. The van der Waals surface area contributed by atoms with E-state index in [4.69, 9.17) is 12.2 Å². The van der Waals surface area contributed by atoms with E-state index in [1.54, 1.807) is 24.5 Å². The molecule has 82 valence electrons. The molecule has 2 aromatic heterocycles. The van der Waals surface area contributed by atoms with Crippen LogP contribution in [0.25, 0.3) is 0 Å². The van der Waals surface area contributed by atoms with Crippen LogP contribution in [-0.2, 0) is 6.42 Å². The Bertz CT molecular complexity index is 570. The van der Waals surface area contributed by atoms with Gasteiger partial charge in [0, 0.05) is 23.7 Å². The number of aromatic amines is 2. The van der Waals surface area contributed by atoms with Crippen LogP contribution >= 0.6 is 12.2 Å². The van der Waals surface area contributed by atoms with Crippen molar-refractivity contribution < 1.29 is 4.79 Å². The first-order chi connectivity index (χ1) is 7.70. The van der Waals surface area contributed by atoms with Crippen LogP contribution in [0.3, 0.4) is 0 Å². The molecule has 0 fully saturated rings. The first kappa shape index (κ1) is 10.8. The summed E-state index contributed by atoms with van der Waals surface area (Å²) in [7, 11) is 0. The Morgan fingerprint density at radius 2 is 2.38 bits per heavy atom. The van der Waals surface area contributed by atoms with E-state index in [2.05, 4.69) is 15.0 Å². The standard InChI is InChI=1S/C11H11N3OS/c1-2-8-5-7(3-4-12-8)10(15)9-6-13-11(16)14-9/h3-6H,2H2,1H3,(H2,13,14,16). The number of nitrogens with zero attached hydrogens (tertiary/aromatic N) is 1. The first-order valence-electron chi connectivity index (χ1n) is 4.98. The van der Waals surface area contributed by atoms with Gasteiger partial charge in [0.1, 0.15) is 5.69 Å². The molecule has 2 rings (SSSR count). The average molecular weight is 233 g/mol. The van der Waals surface area contributed by atoms with Crippen LogP contribution in [0.15, 0.2) is 24.5 Å². The van der Waals surface area contributed by atoms with Gasteiger partial charge in [0.25, 0.3) is 0 Å². The van der Waals surface area contributed by atoms with E-state index in [-0.39, 0.29) is 5.78 Å². The lowest BCUT2D eigenvalue weighted by molar-refractivity contribution is 0.103. The van der Waals surface area contributed by atoms with E-state index in [9.17, 15) is 4.79 Å². The third-order valence-corrected chi connectivity index (χ3v) is 2.50. The lowest BCUT2D eigenvalue weighted by Gasteiger charge is -2.00. The summed E-state index contributed by atoms with van der Waals surface area (Å²) in [6.45, 7) is 2.00. The van der Waals surface area contributed by atoms with Crippen LogP contribution in [0, 0.1) is 4.77 Å². The number of aryl methyl sites for hydroxylation is 1. The number of hydrogen-bond donors (Lipinski definition) is 2. The predicted molar refractivity (Wildman–Crippen MR) is 63.0 cm³/mol. The highest BCUT2D eigenvalue weighted by Gasteiger charge is 2.10. The fraction of sp³-hybridized carbons (Fsp3) is 0.182. The third kappa shape index (κ3) is 2.09. The van der Waals surface area contributed by atoms with Gasteiger partial charge in [0.05, 0.1) is 0 Å². The fourth-order valence-electron chi connectivity index (χ4n) is 1.42. The minimum absolute atomic E-state index is 0.0792. The summed E-state index contributed by atoms with van der Waals surface area (Å²) >= 11 is 4.88. The van der Waals surface area contributed by atoms with Crippen molar-refractivity contribution in [1.29, 1.82) is 0 Å². The van der Waals surface area contributed by atoms with E-state index < -0.39 is 0 Å². The molecule has 0 aliphatic carbocycles. The second kappa shape index (κ2) is 4.40. The molecule has 0 amide bonds. The smallest absolute Gasteiger partial charge is 0.210 e. The van der Waals surface area contributed by atoms with Crippen molar-refractivity contribution in [3.05, 3.63) is 46.2 Å². The minimum Gasteiger partial charge on any atom is -0.337 e. The molecule has 0 bridgehead atoms. The lowest BCUT2D eigenvalue weighted by atomic mass is 10.1. The number of rotatable bonds is 3. The van der Waals surface area contributed by atoms with E-state index in [0.717, 1.165) is 12.1 Å². The van der Waals surface area contributed by atoms with E-state index in [0.29, 0.717) is 16.0 Å². The Morgan fingerprint density at radius 3 is 3.00 bits per heavy atom. The summed E-state index contributed by atoms with van der Waals surface area (Å²) in [5.41, 5.74) is 2.00. The van der Waals surface area contributed by atoms with Gasteiger partial charge in [-0.3, -0.25) is 9.78 Å². The molecular weight excluding hydrogens is 222 g/mol. The molecule has 2 aromatic rings. The molecule has 0 radical (unpaired) electrons. The highest BCUT2D eigenvalue weighted by Crippen LogP contribution is 2.08. The van der Waals surface area contributed by atoms with E-state index >= 15 is 0 Å². The number of H-pyrrole nitrogens is 2. The van der Waals surface area contributed by atoms with Crippen molar-refractivity contribution in [3.8, 4) is 0 Å². The molecule has 0 saturated carbocycles. The number of hydrogen-bond acceptors (Lipinski definition) is 3. The van der Waals surface area contributed by atoms with Gasteiger partial charge in [-0.25, -0.2) is 0 Å². The molecule has 16 heavy (non-hydrogen) atoms. The maximum atomic E-state index is 12.0. The molecule has 0 saturated heterocycles. The SMILES string of the molecule is CCc1cc(C(=O)c2c[nH]c(=S)[nH]2)ccn1. The van der Waals surface area contributed by atoms with Gasteiger partial charge in [-0.2, -0.15) is 0 Å². The molecule has 0 aliphatic heterocycles. The van der Waals surface area contributed by atoms with Crippen LogP contribution < -0.4 is 0 Å². The molecule has 5 heteroatoms. The van der Waals surface area contributed by atoms with Crippen molar-refractivity contribution >= 4 is 18.0 Å². The van der Waals surface area contributed by atoms with Crippen LogP contribution in [0.5, 0.6) is 0 Å². The summed E-state index contributed by atoms with van der Waals surface area (Å²) < 4.78 is 0.452. The number of ketones is 1. The van der Waals surface area contributed by atoms with Crippen molar-refractivity contribution in [2.24, 2.45) is 0 Å². The highest BCUT2D eigenvalue weighted by molar-refractivity contribution is 7.71. The molecule has 0 aromatic carbocycles. The Morgan fingerprint density at radius 1 is 1.56 bits per heavy atom. The van der Waals surface area contributed by atoms with Gasteiger partial charge in [0.2, 0.25) is 5.78 Å². The summed E-state index contributed by atoms with van der Waals surface area (Å²) in [5, 5.41) is 0. The number of imidazole rings is 1. The second-order valence-corrected chi connectivity index (χ2v) is 3.78. The molecule has 4 nitrogen and oxygen atoms in total. The van der Waals surface area contributed by atoms with Gasteiger partial charge in [-0.15, -0.1) is 0 Å². The van der Waals surface area contributed by atoms with Gasteiger partial charge >= 0.3 is 0 Å². The number of nitrogens with one attached hydrogen (secondary N) is 2. The molecule has 0 spiro atoms. The monoisotopic (exact) mass is 233 g/mol. The molecule has 0 unspecified atom stereocenters. The average Bonchev–Trinajstić information content (AvgIpc) is 2.75. The van der Waals surface area contributed by atoms with E-state index in [1.165, 1.54) is 0 Å². The Kier molecular flexibility index (Phi) is 2.96. The van der Waals surface area contributed by atoms with Crippen LogP contribution in [0.1, 0.15) is 28.7 Å². The molecule has 0 atom stereocenters. The second-order valence-electron chi connectivity index (χ2n) is 3.38. The van der Waals surface area contributed by atoms with Gasteiger partial charge in [-0.1, -0.05) is 6.92 Å². The normalized spacial score (nSPS) is 10.3. The van der Waals surface area contributed by atoms with Crippen LogP contribution in [0.4, 0.5) is 0 Å². The van der Waals surface area contributed by atoms with Gasteiger partial charge < -0.3 is 9.97 Å². The van der Waals surface area contributed by atoms with Crippen molar-refractivity contribution in [2.45, 2.75) is 13.3 Å². The lowest BCUT2D eigenvalue weighted by Crippen LogP contribution is -2.03. The van der Waals surface area contributed by atoms with E-state index in [1.807, 2.05) is 6.92 Å². The summed E-state index contributed by atoms with van der Waals surface area (Å²) in [6.07, 6.45) is 4.04. The molecular formula is C11H11N3OS. The van der Waals surface area contributed by atoms with Gasteiger partial charge in [0.15, 0.2) is 4.77 Å². The Hall–Kier alpha value is -1.75. The number of carbonyl (C=O) groups is 1. The van der Waals surface area contributed by atoms with Crippen LogP contribution in [-0.4, -0.2) is 20.7 Å². The highest BCUT2D eigenvalue weighted by atomic mass is 32.1. The number of carbonyl (C=O) groups excluding carboxylic acids is 1. The maximum Gasteiger partial charge on any atom is 0.210 e.